The number of halogens is 1. The maximum atomic E-state index is 5.47. The van der Waals surface area contributed by atoms with Gasteiger partial charge in [0.15, 0.2) is 5.82 Å². The van der Waals surface area contributed by atoms with E-state index in [2.05, 4.69) is 67.4 Å². The highest BCUT2D eigenvalue weighted by molar-refractivity contribution is 5.85. The highest BCUT2D eigenvalue weighted by Crippen LogP contribution is 2.30. The maximum Gasteiger partial charge on any atom is 0.236 e. The van der Waals surface area contributed by atoms with E-state index in [9.17, 15) is 0 Å². The molecule has 0 aliphatic rings. The smallest absolute Gasteiger partial charge is 0.236 e. The van der Waals surface area contributed by atoms with Gasteiger partial charge in [-0.25, -0.2) is 0 Å². The molecule has 0 bridgehead atoms. The van der Waals surface area contributed by atoms with Crippen molar-refractivity contribution in [3.8, 4) is 0 Å². The van der Waals surface area contributed by atoms with E-state index >= 15 is 0 Å². The van der Waals surface area contributed by atoms with Crippen molar-refractivity contribution in [2.75, 3.05) is 7.05 Å². The fourth-order valence-electron chi connectivity index (χ4n) is 2.06. The second kappa shape index (κ2) is 7.05. The molecule has 4 nitrogen and oxygen atoms in total. The minimum atomic E-state index is -0.276. The Kier molecular flexibility index (Phi) is 5.93. The molecule has 0 saturated carbocycles. The molecule has 0 aliphatic carbocycles. The molecule has 0 radical (unpaired) electrons. The summed E-state index contributed by atoms with van der Waals surface area (Å²) in [6.07, 6.45) is 0.768. The number of aromatic nitrogens is 2. The van der Waals surface area contributed by atoms with Crippen molar-refractivity contribution < 1.29 is 4.52 Å². The molecule has 0 amide bonds. The predicted molar refractivity (Wildman–Crippen MR) is 87.1 cm³/mol. The van der Waals surface area contributed by atoms with Crippen molar-refractivity contribution in [1.82, 2.24) is 15.5 Å². The van der Waals surface area contributed by atoms with E-state index in [1.54, 1.807) is 0 Å². The van der Waals surface area contributed by atoms with Crippen LogP contribution < -0.4 is 5.32 Å². The van der Waals surface area contributed by atoms with Crippen LogP contribution in [0.25, 0.3) is 0 Å². The van der Waals surface area contributed by atoms with Crippen LogP contribution in [0.5, 0.6) is 0 Å². The van der Waals surface area contributed by atoms with Crippen LogP contribution in [0.2, 0.25) is 0 Å². The highest BCUT2D eigenvalue weighted by atomic mass is 35.5. The Bertz CT molecular complexity index is 563. The van der Waals surface area contributed by atoms with Gasteiger partial charge in [-0.3, -0.25) is 0 Å². The predicted octanol–water partition coefficient (Wildman–Crippen LogP) is 3.28. The molecule has 1 aromatic heterocycles. The lowest BCUT2D eigenvalue weighted by atomic mass is 9.84. The monoisotopic (exact) mass is 309 g/mol. The van der Waals surface area contributed by atoms with E-state index in [1.165, 1.54) is 11.1 Å². The molecule has 0 fully saturated rings. The first kappa shape index (κ1) is 17.7. The Balaban J connectivity index is 0.00000220. The van der Waals surface area contributed by atoms with Crippen LogP contribution in [-0.2, 0) is 11.8 Å². The van der Waals surface area contributed by atoms with E-state index in [-0.39, 0.29) is 17.8 Å². The van der Waals surface area contributed by atoms with Gasteiger partial charge in [0, 0.05) is 12.5 Å². The van der Waals surface area contributed by atoms with Crippen LogP contribution >= 0.6 is 12.4 Å². The molecule has 1 heterocycles. The Labute approximate surface area is 132 Å². The number of hydrogen-bond donors (Lipinski definition) is 1. The van der Waals surface area contributed by atoms with Gasteiger partial charge >= 0.3 is 0 Å². The lowest BCUT2D eigenvalue weighted by Gasteiger charge is -2.20. The minimum Gasteiger partial charge on any atom is -0.338 e. The van der Waals surface area contributed by atoms with E-state index in [1.807, 2.05) is 7.05 Å². The van der Waals surface area contributed by atoms with Gasteiger partial charge in [0.25, 0.3) is 0 Å². The average Bonchev–Trinajstić information content (AvgIpc) is 2.88. The van der Waals surface area contributed by atoms with Gasteiger partial charge in [0.2, 0.25) is 5.89 Å². The summed E-state index contributed by atoms with van der Waals surface area (Å²) in [5, 5.41) is 7.26. The van der Waals surface area contributed by atoms with Crippen LogP contribution in [0.3, 0.4) is 0 Å². The number of hydrogen-bond acceptors (Lipinski definition) is 4. The normalized spacial score (nSPS) is 12.8. The first-order chi connectivity index (χ1) is 9.43. The molecule has 2 aromatic rings. The topological polar surface area (TPSA) is 51.0 Å². The summed E-state index contributed by atoms with van der Waals surface area (Å²) in [7, 11) is 1.93. The molecule has 1 unspecified atom stereocenters. The van der Waals surface area contributed by atoms with Gasteiger partial charge in [-0.15, -0.1) is 12.4 Å². The zero-order valence-corrected chi connectivity index (χ0v) is 14.1. The quantitative estimate of drug-likeness (QED) is 0.921. The van der Waals surface area contributed by atoms with Crippen molar-refractivity contribution >= 4 is 12.4 Å². The lowest BCUT2D eigenvalue weighted by Crippen LogP contribution is -2.24. The first-order valence-corrected chi connectivity index (χ1v) is 7.01. The molecule has 5 heteroatoms. The molecule has 116 valence electrons. The van der Waals surface area contributed by atoms with E-state index < -0.39 is 0 Å². The van der Waals surface area contributed by atoms with E-state index in [0.717, 1.165) is 12.2 Å². The summed E-state index contributed by atoms with van der Waals surface area (Å²) >= 11 is 0. The van der Waals surface area contributed by atoms with Crippen LogP contribution in [0.4, 0.5) is 0 Å². The van der Waals surface area contributed by atoms with Gasteiger partial charge in [-0.2, -0.15) is 4.98 Å². The molecule has 1 atom stereocenters. The molecule has 0 aliphatic heterocycles. The largest absolute Gasteiger partial charge is 0.338 e. The summed E-state index contributed by atoms with van der Waals surface area (Å²) in [4.78, 5) is 4.55. The molecule has 0 spiro atoms. The van der Waals surface area contributed by atoms with E-state index in [4.69, 9.17) is 4.52 Å². The average molecular weight is 310 g/mol. The number of nitrogens with one attached hydrogen (secondary N) is 1. The van der Waals surface area contributed by atoms with Crippen LogP contribution in [-0.4, -0.2) is 23.2 Å². The third-order valence-electron chi connectivity index (χ3n) is 3.76. The second-order valence-electron chi connectivity index (χ2n) is 5.90. The third kappa shape index (κ3) is 4.05. The Morgan fingerprint density at radius 2 is 1.86 bits per heavy atom. The summed E-state index contributed by atoms with van der Waals surface area (Å²) in [6.45, 7) is 8.40. The van der Waals surface area contributed by atoms with Crippen molar-refractivity contribution in [3.05, 3.63) is 47.1 Å². The number of likely N-dealkylation sites (N-methyl/N-ethyl adjacent to an activating group) is 1. The van der Waals surface area contributed by atoms with Gasteiger partial charge < -0.3 is 9.84 Å². The van der Waals surface area contributed by atoms with Crippen molar-refractivity contribution in [2.24, 2.45) is 0 Å². The highest BCUT2D eigenvalue weighted by Gasteiger charge is 2.29. The van der Waals surface area contributed by atoms with Crippen molar-refractivity contribution in [3.63, 3.8) is 0 Å². The zero-order chi connectivity index (χ0) is 14.8. The number of nitrogens with zero attached hydrogens (tertiary/aromatic N) is 2. The van der Waals surface area contributed by atoms with Crippen LogP contribution in [0.1, 0.15) is 43.6 Å². The fourth-order valence-corrected chi connectivity index (χ4v) is 2.06. The Hall–Kier alpha value is -1.39. The molecular weight excluding hydrogens is 286 g/mol. The van der Waals surface area contributed by atoms with Crippen molar-refractivity contribution in [2.45, 2.75) is 45.6 Å². The van der Waals surface area contributed by atoms with E-state index in [0.29, 0.717) is 11.9 Å². The number of rotatable bonds is 5. The fraction of sp³-hybridized carbons (Fsp3) is 0.500. The van der Waals surface area contributed by atoms with Crippen LogP contribution in [0, 0.1) is 6.92 Å². The lowest BCUT2D eigenvalue weighted by molar-refractivity contribution is 0.329. The molecule has 0 saturated heterocycles. The minimum absolute atomic E-state index is 0. The standard InChI is InChI=1S/C16H23N3O.ClH/c1-11-6-8-13(9-7-11)16(3,4)15-18-14(19-20-15)10-12(2)17-5;/h6-9,12,17H,10H2,1-5H3;1H. The van der Waals surface area contributed by atoms with Crippen LogP contribution in [0.15, 0.2) is 28.8 Å². The molecular formula is C16H24ClN3O. The zero-order valence-electron chi connectivity index (χ0n) is 13.3. The molecule has 1 aromatic carbocycles. The molecule has 21 heavy (non-hydrogen) atoms. The van der Waals surface area contributed by atoms with Crippen molar-refractivity contribution in [1.29, 1.82) is 0 Å². The molecule has 2 rings (SSSR count). The summed E-state index contributed by atoms with van der Waals surface area (Å²) in [5.41, 5.74) is 2.15. The van der Waals surface area contributed by atoms with Gasteiger partial charge in [-0.1, -0.05) is 35.0 Å². The van der Waals surface area contributed by atoms with Gasteiger partial charge in [-0.05, 0) is 40.3 Å². The summed E-state index contributed by atoms with van der Waals surface area (Å²) in [6, 6.07) is 8.79. The van der Waals surface area contributed by atoms with Gasteiger partial charge in [0.05, 0.1) is 5.41 Å². The Morgan fingerprint density at radius 1 is 1.24 bits per heavy atom. The maximum absolute atomic E-state index is 5.47. The number of benzene rings is 1. The Morgan fingerprint density at radius 3 is 2.43 bits per heavy atom. The van der Waals surface area contributed by atoms with Gasteiger partial charge in [0.1, 0.15) is 0 Å². The second-order valence-corrected chi connectivity index (χ2v) is 5.90. The SMILES string of the molecule is CNC(C)Cc1noc(C(C)(C)c2ccc(C)cc2)n1.Cl. The molecule has 1 N–H and O–H groups in total. The summed E-state index contributed by atoms with van der Waals surface area (Å²) in [5.74, 6) is 1.42. The number of aryl methyl sites for hydroxylation is 1. The first-order valence-electron chi connectivity index (χ1n) is 7.01. The summed E-state index contributed by atoms with van der Waals surface area (Å²) < 4.78 is 5.47. The third-order valence-corrected chi connectivity index (χ3v) is 3.76.